The van der Waals surface area contributed by atoms with Gasteiger partial charge in [0, 0.05) is 43.8 Å². The summed E-state index contributed by atoms with van der Waals surface area (Å²) in [5.41, 5.74) is 6.01. The highest BCUT2D eigenvalue weighted by atomic mass is 31.1. The fourth-order valence-corrected chi connectivity index (χ4v) is 7.48. The average Bonchev–Trinajstić information content (AvgIpc) is 3.79. The Kier molecular flexibility index (Phi) is 5.73. The molecule has 5 heterocycles. The second kappa shape index (κ2) is 9.95. The van der Waals surface area contributed by atoms with Gasteiger partial charge in [0.2, 0.25) is 0 Å². The molecule has 44 heavy (non-hydrogen) atoms. The van der Waals surface area contributed by atoms with Crippen LogP contribution in [-0.4, -0.2) is 55.4 Å². The first-order valence-corrected chi connectivity index (χ1v) is 15.9. The van der Waals surface area contributed by atoms with Gasteiger partial charge in [-0.1, -0.05) is 95.4 Å². The van der Waals surface area contributed by atoms with E-state index in [1.165, 1.54) is 0 Å². The second-order valence-corrected chi connectivity index (χ2v) is 12.7. The molecule has 0 fully saturated rings. The van der Waals surface area contributed by atoms with Crippen LogP contribution >= 0.6 is 8.69 Å². The summed E-state index contributed by atoms with van der Waals surface area (Å²) in [7, 11) is -0.341. The summed E-state index contributed by atoms with van der Waals surface area (Å²) >= 11 is -1.33. The van der Waals surface area contributed by atoms with Gasteiger partial charge in [-0.2, -0.15) is 0 Å². The maximum Gasteiger partial charge on any atom is 0.492 e. The van der Waals surface area contributed by atoms with E-state index < -0.39 is 15.6 Å². The van der Waals surface area contributed by atoms with Crippen molar-refractivity contribution in [2.24, 2.45) is 0 Å². The topological polar surface area (TPSA) is 135 Å². The second-order valence-electron chi connectivity index (χ2n) is 10.4. The zero-order valence-corrected chi connectivity index (χ0v) is 25.1. The van der Waals surface area contributed by atoms with Crippen molar-refractivity contribution in [2.75, 3.05) is 0 Å². The zero-order chi connectivity index (χ0) is 29.2. The van der Waals surface area contributed by atoms with Crippen molar-refractivity contribution in [2.45, 2.75) is 0 Å². The largest absolute Gasteiger partial charge is 0.492 e. The first-order chi connectivity index (χ1) is 21.7. The number of benzene rings is 4. The third-order valence-corrected chi connectivity index (χ3v) is 9.78. The van der Waals surface area contributed by atoms with E-state index in [-0.39, 0.29) is 8.69 Å². The quantitative estimate of drug-likeness (QED) is 0.183. The standard InChI is InChI=1S/C32H17N8.Al.HO2P.H/c1-2-10-18-17(9-1)25-33-26(18)38-28-21-13-5-6-14-22(21)30(35-28)40-32-24-16-8-7-15-23(24)31(36-32)39-29-20-12-4-3-11-19(20)27(34-29)37-25;;1-3-2;/h1-15H,(H2,33,34,35,36,37,38,39,40);;(H,1,2);/q;+1;;/p-1. The Balaban J connectivity index is 1.49. The number of hydrogen-bond donors (Lipinski definition) is 2. The highest BCUT2D eigenvalue weighted by Gasteiger charge is 2.22. The van der Waals surface area contributed by atoms with E-state index in [1.807, 2.05) is 91.0 Å². The van der Waals surface area contributed by atoms with Gasteiger partial charge in [0.25, 0.3) is 8.69 Å². The number of aromatic amines is 2. The summed E-state index contributed by atoms with van der Waals surface area (Å²) in [5.74, 6) is 2.17. The van der Waals surface area contributed by atoms with Crippen molar-refractivity contribution < 1.29 is 8.14 Å². The van der Waals surface area contributed by atoms with E-state index in [4.69, 9.17) is 33.5 Å². The molecule has 8 bridgehead atoms. The molecule has 3 aromatic heterocycles. The molecule has 0 atom stereocenters. The van der Waals surface area contributed by atoms with Crippen LogP contribution in [0.5, 0.6) is 0 Å². The molecule has 0 amide bonds. The molecule has 0 spiro atoms. The van der Waals surface area contributed by atoms with Crippen molar-refractivity contribution in [3.8, 4) is 45.6 Å². The summed E-state index contributed by atoms with van der Waals surface area (Å²) in [6.45, 7) is 0. The van der Waals surface area contributed by atoms with Crippen LogP contribution in [0.2, 0.25) is 0 Å². The summed E-state index contributed by atoms with van der Waals surface area (Å²) in [6.07, 6.45) is 0. The van der Waals surface area contributed by atoms with Crippen LogP contribution < -0.4 is 4.43 Å². The number of aromatic nitrogens is 8. The molecule has 9 rings (SSSR count). The van der Waals surface area contributed by atoms with Crippen molar-refractivity contribution in [1.29, 1.82) is 0 Å². The first kappa shape index (κ1) is 25.3. The van der Waals surface area contributed by atoms with Gasteiger partial charge in [0.1, 0.15) is 22.6 Å². The Morgan fingerprint density at radius 3 is 1.45 bits per heavy atom. The molecule has 0 aliphatic carbocycles. The van der Waals surface area contributed by atoms with Crippen LogP contribution in [0.15, 0.2) is 91.0 Å². The molecule has 0 radical (unpaired) electrons. The number of nitrogens with zero attached hydrogens (tertiary/aromatic N) is 6. The van der Waals surface area contributed by atoms with E-state index in [0.29, 0.717) is 45.9 Å². The summed E-state index contributed by atoms with van der Waals surface area (Å²) < 4.78 is 17.6. The van der Waals surface area contributed by atoms with E-state index in [9.17, 15) is 4.57 Å². The van der Waals surface area contributed by atoms with E-state index in [1.54, 1.807) is 0 Å². The number of H-pyrrole nitrogens is 2. The SMILES string of the molecule is O=P[O][AlH][c]1cccc2c3nc4nc(nc5[nH]c(nc6nc(nc([nH]3)c12)-c1ccccc1-6)c1ccccc51)-c1ccccc1-4. The monoisotopic (exact) mass is 604 g/mol. The van der Waals surface area contributed by atoms with Crippen molar-refractivity contribution >= 4 is 72.8 Å². The minimum absolute atomic E-state index is 0.341. The third-order valence-electron chi connectivity index (χ3n) is 7.94. The highest BCUT2D eigenvalue weighted by Crippen LogP contribution is 2.36. The number of fused-ring (bicyclic) bond motifs is 20. The van der Waals surface area contributed by atoms with Gasteiger partial charge < -0.3 is 13.5 Å². The lowest BCUT2D eigenvalue weighted by Crippen LogP contribution is -2.14. The fourth-order valence-electron chi connectivity index (χ4n) is 5.98. The molecule has 0 saturated heterocycles. The van der Waals surface area contributed by atoms with E-state index in [0.717, 1.165) is 48.2 Å². The van der Waals surface area contributed by atoms with E-state index >= 15 is 0 Å². The first-order valence-electron chi connectivity index (χ1n) is 13.9. The Morgan fingerprint density at radius 1 is 0.500 bits per heavy atom. The van der Waals surface area contributed by atoms with Crippen LogP contribution in [0.25, 0.3) is 89.7 Å². The molecule has 10 nitrogen and oxygen atoms in total. The number of hydrogen-bond acceptors (Lipinski definition) is 8. The van der Waals surface area contributed by atoms with Crippen LogP contribution in [0.1, 0.15) is 0 Å². The normalized spacial score (nSPS) is 12.0. The molecular weight excluding hydrogens is 586 g/mol. The minimum atomic E-state index is -1.33. The fraction of sp³-hybridized carbons (Fsp3) is 0. The average molecular weight is 605 g/mol. The van der Waals surface area contributed by atoms with Gasteiger partial charge in [-0.05, 0) is 0 Å². The van der Waals surface area contributed by atoms with Gasteiger partial charge in [-0.15, -0.1) is 0 Å². The molecule has 0 saturated carbocycles. The molecule has 206 valence electrons. The molecule has 2 aliphatic rings. The Morgan fingerprint density at radius 2 is 0.932 bits per heavy atom. The lowest BCUT2D eigenvalue weighted by Gasteiger charge is -1.99. The predicted octanol–water partition coefficient (Wildman–Crippen LogP) is 6.07. The minimum Gasteiger partial charge on any atom is -0.419 e. The highest BCUT2D eigenvalue weighted by molar-refractivity contribution is 7.19. The number of nitrogens with one attached hydrogen (secondary N) is 2. The molecule has 2 aliphatic heterocycles. The van der Waals surface area contributed by atoms with Crippen molar-refractivity contribution in [3.05, 3.63) is 91.0 Å². The van der Waals surface area contributed by atoms with Crippen LogP contribution in [0, 0.1) is 0 Å². The lowest BCUT2D eigenvalue weighted by molar-refractivity contribution is 0.542. The van der Waals surface area contributed by atoms with Crippen molar-refractivity contribution in [3.63, 3.8) is 0 Å². The summed E-state index contributed by atoms with van der Waals surface area (Å²) in [5, 5.41) is 3.57. The summed E-state index contributed by atoms with van der Waals surface area (Å²) in [6, 6.07) is 29.8. The molecule has 12 heteroatoms. The molecular formula is C32H18AlN8O2P. The van der Waals surface area contributed by atoms with Crippen LogP contribution in [0.4, 0.5) is 0 Å². The summed E-state index contributed by atoms with van der Waals surface area (Å²) in [4.78, 5) is 36.9. The maximum atomic E-state index is 11.3. The number of rotatable bonds is 3. The molecule has 2 N–H and O–H groups in total. The Bertz CT molecular complexity index is 2510. The Labute approximate surface area is 256 Å². The molecule has 7 aromatic rings. The molecule has 4 aromatic carbocycles. The van der Waals surface area contributed by atoms with Gasteiger partial charge in [-0.3, -0.25) is 0 Å². The van der Waals surface area contributed by atoms with E-state index in [2.05, 4.69) is 9.97 Å². The van der Waals surface area contributed by atoms with Gasteiger partial charge in [0.05, 0.1) is 0 Å². The molecule has 0 unspecified atom stereocenters. The van der Waals surface area contributed by atoms with Crippen molar-refractivity contribution in [1.82, 2.24) is 39.9 Å². The zero-order valence-electron chi connectivity index (χ0n) is 22.8. The van der Waals surface area contributed by atoms with Gasteiger partial charge >= 0.3 is 15.6 Å². The van der Waals surface area contributed by atoms with Gasteiger partial charge in [0.15, 0.2) is 23.3 Å². The maximum absolute atomic E-state index is 11.3. The Hall–Kier alpha value is -5.17. The lowest BCUT2D eigenvalue weighted by atomic mass is 10.1. The third kappa shape index (κ3) is 3.92. The van der Waals surface area contributed by atoms with Gasteiger partial charge in [-0.25, -0.2) is 34.5 Å². The van der Waals surface area contributed by atoms with Crippen LogP contribution in [0.3, 0.4) is 0 Å². The van der Waals surface area contributed by atoms with Crippen LogP contribution in [-0.2, 0) is 8.14 Å². The predicted molar refractivity (Wildman–Crippen MR) is 172 cm³/mol. The smallest absolute Gasteiger partial charge is 0.419 e.